The number of primary sulfonamides is 1. The van der Waals surface area contributed by atoms with Gasteiger partial charge in [0.15, 0.2) is 5.75 Å². The lowest BCUT2D eigenvalue weighted by Crippen LogP contribution is -2.12. The Labute approximate surface area is 167 Å². The minimum absolute atomic E-state index is 0.0374. The second-order valence-corrected chi connectivity index (χ2v) is 7.64. The molecule has 146 valence electrons. The van der Waals surface area contributed by atoms with Crippen molar-refractivity contribution in [3.63, 3.8) is 0 Å². The van der Waals surface area contributed by atoms with Gasteiger partial charge in [-0.1, -0.05) is 42.5 Å². The van der Waals surface area contributed by atoms with Crippen LogP contribution in [0.4, 0.5) is 5.69 Å². The van der Waals surface area contributed by atoms with Gasteiger partial charge < -0.3 is 4.74 Å². The molecule has 0 saturated heterocycles. The predicted molar refractivity (Wildman–Crippen MR) is 105 cm³/mol. The summed E-state index contributed by atoms with van der Waals surface area (Å²) in [4.78, 5) is 10.1. The molecule has 0 aliphatic rings. The third kappa shape index (κ3) is 4.57. The number of nitrogens with zero attached hydrogens (tertiary/aromatic N) is 2. The van der Waals surface area contributed by atoms with E-state index in [1.165, 1.54) is 6.07 Å². The highest BCUT2D eigenvalue weighted by Gasteiger charge is 2.20. The zero-order valence-corrected chi connectivity index (χ0v) is 15.8. The summed E-state index contributed by atoms with van der Waals surface area (Å²) in [5.41, 5.74) is 2.47. The van der Waals surface area contributed by atoms with E-state index in [0.29, 0.717) is 5.56 Å². The quantitative estimate of drug-likeness (QED) is 0.490. The number of nitro groups is 1. The van der Waals surface area contributed by atoms with Crippen molar-refractivity contribution in [2.75, 3.05) is 0 Å². The number of ether oxygens (including phenoxy) is 1. The average Bonchev–Trinajstić information content (AvgIpc) is 2.71. The Morgan fingerprint density at radius 1 is 1.07 bits per heavy atom. The number of nitrogens with two attached hydrogens (primary N) is 1. The summed E-state index contributed by atoms with van der Waals surface area (Å²) in [7, 11) is -4.06. The van der Waals surface area contributed by atoms with Gasteiger partial charge in [0, 0.05) is 6.07 Å². The van der Waals surface area contributed by atoms with Crippen molar-refractivity contribution in [2.45, 2.75) is 11.5 Å². The SMILES string of the molecule is N#Cc1ccccc1-c1ccc(COc2ccc(S(N)(=O)=O)cc2[N+](=O)[O-])cc1. The summed E-state index contributed by atoms with van der Waals surface area (Å²) in [6, 6.07) is 19.8. The molecule has 29 heavy (non-hydrogen) atoms. The number of benzene rings is 3. The lowest BCUT2D eigenvalue weighted by Gasteiger charge is -2.09. The van der Waals surface area contributed by atoms with Crippen LogP contribution in [0.2, 0.25) is 0 Å². The number of hydrogen-bond donors (Lipinski definition) is 1. The minimum Gasteiger partial charge on any atom is -0.482 e. The highest BCUT2D eigenvalue weighted by molar-refractivity contribution is 7.89. The van der Waals surface area contributed by atoms with Crippen LogP contribution in [0.15, 0.2) is 71.6 Å². The molecule has 0 amide bonds. The summed E-state index contributed by atoms with van der Waals surface area (Å²) in [6.45, 7) is 0.0374. The van der Waals surface area contributed by atoms with E-state index in [-0.39, 0.29) is 17.3 Å². The first-order valence-corrected chi connectivity index (χ1v) is 9.86. The van der Waals surface area contributed by atoms with Gasteiger partial charge >= 0.3 is 5.69 Å². The molecular formula is C20H15N3O5S. The van der Waals surface area contributed by atoms with Crippen molar-refractivity contribution in [3.05, 3.63) is 88.0 Å². The van der Waals surface area contributed by atoms with Crippen LogP contribution in [0.25, 0.3) is 11.1 Å². The maximum atomic E-state index is 11.4. The Morgan fingerprint density at radius 2 is 1.76 bits per heavy atom. The Bertz CT molecular complexity index is 1220. The third-order valence-corrected chi connectivity index (χ3v) is 5.07. The van der Waals surface area contributed by atoms with Gasteiger partial charge in [-0.2, -0.15) is 5.26 Å². The van der Waals surface area contributed by atoms with E-state index in [0.717, 1.165) is 28.8 Å². The molecule has 0 unspecified atom stereocenters. The van der Waals surface area contributed by atoms with E-state index >= 15 is 0 Å². The zero-order chi connectivity index (χ0) is 21.0. The second kappa shape index (κ2) is 8.10. The van der Waals surface area contributed by atoms with E-state index in [2.05, 4.69) is 6.07 Å². The highest BCUT2D eigenvalue weighted by atomic mass is 32.2. The lowest BCUT2D eigenvalue weighted by atomic mass is 9.99. The molecule has 0 saturated carbocycles. The van der Waals surface area contributed by atoms with Crippen molar-refractivity contribution in [1.29, 1.82) is 5.26 Å². The van der Waals surface area contributed by atoms with Gasteiger partial charge in [-0.15, -0.1) is 0 Å². The van der Waals surface area contributed by atoms with Gasteiger partial charge in [0.25, 0.3) is 0 Å². The molecule has 0 atom stereocenters. The molecule has 3 aromatic carbocycles. The van der Waals surface area contributed by atoms with Crippen LogP contribution in [0.3, 0.4) is 0 Å². The van der Waals surface area contributed by atoms with Gasteiger partial charge in [-0.05, 0) is 34.9 Å². The molecule has 8 nitrogen and oxygen atoms in total. The van der Waals surface area contributed by atoms with E-state index in [1.807, 2.05) is 24.3 Å². The molecule has 0 heterocycles. The summed E-state index contributed by atoms with van der Waals surface area (Å²) in [6.07, 6.45) is 0. The van der Waals surface area contributed by atoms with Crippen molar-refractivity contribution >= 4 is 15.7 Å². The fourth-order valence-electron chi connectivity index (χ4n) is 2.71. The normalized spacial score (nSPS) is 10.9. The fourth-order valence-corrected chi connectivity index (χ4v) is 3.25. The number of nitro benzene ring substituents is 1. The summed E-state index contributed by atoms with van der Waals surface area (Å²) in [5, 5.41) is 25.5. The number of hydrogen-bond acceptors (Lipinski definition) is 6. The van der Waals surface area contributed by atoms with Crippen LogP contribution >= 0.6 is 0 Å². The largest absolute Gasteiger partial charge is 0.482 e. The van der Waals surface area contributed by atoms with Crippen molar-refractivity contribution in [1.82, 2.24) is 0 Å². The molecule has 0 spiro atoms. The zero-order valence-electron chi connectivity index (χ0n) is 15.0. The van der Waals surface area contributed by atoms with E-state index in [4.69, 9.17) is 9.88 Å². The van der Waals surface area contributed by atoms with Crippen molar-refractivity contribution < 1.29 is 18.1 Å². The van der Waals surface area contributed by atoms with Crippen molar-refractivity contribution in [2.24, 2.45) is 5.14 Å². The first kappa shape index (κ1) is 20.0. The van der Waals surface area contributed by atoms with Gasteiger partial charge in [0.05, 0.1) is 21.5 Å². The molecule has 2 N–H and O–H groups in total. The number of rotatable bonds is 6. The Morgan fingerprint density at radius 3 is 2.38 bits per heavy atom. The molecule has 0 aromatic heterocycles. The molecule has 3 aromatic rings. The van der Waals surface area contributed by atoms with Gasteiger partial charge in [-0.25, -0.2) is 13.6 Å². The fraction of sp³-hybridized carbons (Fsp3) is 0.0500. The second-order valence-electron chi connectivity index (χ2n) is 6.07. The third-order valence-electron chi connectivity index (χ3n) is 4.16. The Balaban J connectivity index is 1.80. The lowest BCUT2D eigenvalue weighted by molar-refractivity contribution is -0.386. The van der Waals surface area contributed by atoms with E-state index < -0.39 is 20.6 Å². The van der Waals surface area contributed by atoms with Crippen LogP contribution in [0.5, 0.6) is 5.75 Å². The summed E-state index contributed by atoms with van der Waals surface area (Å²) < 4.78 is 28.3. The molecule has 0 bridgehead atoms. The monoisotopic (exact) mass is 409 g/mol. The maximum Gasteiger partial charge on any atom is 0.312 e. The van der Waals surface area contributed by atoms with Crippen LogP contribution in [-0.4, -0.2) is 13.3 Å². The smallest absolute Gasteiger partial charge is 0.312 e. The summed E-state index contributed by atoms with van der Waals surface area (Å²) >= 11 is 0. The predicted octanol–water partition coefficient (Wildman–Crippen LogP) is 3.36. The summed E-state index contributed by atoms with van der Waals surface area (Å²) in [5.74, 6) is -0.0682. The maximum absolute atomic E-state index is 11.4. The number of sulfonamides is 1. The average molecular weight is 409 g/mol. The topological polar surface area (TPSA) is 136 Å². The van der Waals surface area contributed by atoms with E-state index in [9.17, 15) is 23.8 Å². The minimum atomic E-state index is -4.06. The number of nitriles is 1. The Kier molecular flexibility index (Phi) is 5.59. The van der Waals surface area contributed by atoms with E-state index in [1.54, 1.807) is 24.3 Å². The molecule has 0 aliphatic heterocycles. The molecular weight excluding hydrogens is 394 g/mol. The van der Waals surface area contributed by atoms with Crippen LogP contribution in [0, 0.1) is 21.4 Å². The first-order valence-electron chi connectivity index (χ1n) is 8.32. The molecule has 3 rings (SSSR count). The molecule has 0 aliphatic carbocycles. The first-order chi connectivity index (χ1) is 13.8. The molecule has 0 fully saturated rings. The standard InChI is InChI=1S/C20H15N3O5S/c21-12-16-3-1-2-4-18(16)15-7-5-14(6-8-15)13-28-20-10-9-17(29(22,26)27)11-19(20)23(24)25/h1-11H,13H2,(H2,22,26,27). The van der Waals surface area contributed by atoms with Crippen LogP contribution < -0.4 is 9.88 Å². The van der Waals surface area contributed by atoms with Crippen molar-refractivity contribution in [3.8, 4) is 22.9 Å². The molecule has 9 heteroatoms. The van der Waals surface area contributed by atoms with Crippen LogP contribution in [0.1, 0.15) is 11.1 Å². The Hall–Kier alpha value is -3.74. The molecule has 0 radical (unpaired) electrons. The van der Waals surface area contributed by atoms with Crippen LogP contribution in [-0.2, 0) is 16.6 Å². The van der Waals surface area contributed by atoms with Gasteiger partial charge in [0.1, 0.15) is 6.61 Å². The van der Waals surface area contributed by atoms with Gasteiger partial charge in [0.2, 0.25) is 10.0 Å². The van der Waals surface area contributed by atoms with Gasteiger partial charge in [-0.3, -0.25) is 10.1 Å². The highest BCUT2D eigenvalue weighted by Crippen LogP contribution is 2.30.